The monoisotopic (exact) mass is 446 g/mol. The Morgan fingerprint density at radius 3 is 2.22 bits per heavy atom. The molecular weight excluding hydrogens is 428 g/mol. The lowest BCUT2D eigenvalue weighted by Crippen LogP contribution is -2.33. The van der Waals surface area contributed by atoms with E-state index in [1.807, 2.05) is 30.3 Å². The lowest BCUT2D eigenvalue weighted by atomic mass is 10.1. The lowest BCUT2D eigenvalue weighted by Gasteiger charge is -2.11. The first kappa shape index (κ1) is 22.5. The minimum Gasteiger partial charge on any atom is -0.322 e. The number of hydrogen-bond acceptors (Lipinski definition) is 4. The van der Waals surface area contributed by atoms with E-state index in [9.17, 15) is 14.4 Å². The van der Waals surface area contributed by atoms with Crippen molar-refractivity contribution < 1.29 is 14.4 Å². The van der Waals surface area contributed by atoms with Gasteiger partial charge in [0.15, 0.2) is 0 Å². The largest absolute Gasteiger partial charge is 0.329 e. The highest BCUT2D eigenvalue weighted by molar-refractivity contribution is 6.40. The molecule has 0 saturated carbocycles. The summed E-state index contributed by atoms with van der Waals surface area (Å²) in [5.41, 5.74) is 4.02. The van der Waals surface area contributed by atoms with E-state index in [2.05, 4.69) is 21.2 Å². The van der Waals surface area contributed by atoms with Gasteiger partial charge < -0.3 is 10.6 Å². The van der Waals surface area contributed by atoms with Crippen molar-refractivity contribution in [3.05, 3.63) is 101 Å². The Labute approximate surface area is 189 Å². The summed E-state index contributed by atoms with van der Waals surface area (Å²) < 4.78 is 0. The number of allylic oxidation sites excluding steroid dienone is 1. The Balaban J connectivity index is 1.58. The minimum atomic E-state index is -0.970. The van der Waals surface area contributed by atoms with Crippen LogP contribution in [-0.4, -0.2) is 23.9 Å². The van der Waals surface area contributed by atoms with Gasteiger partial charge in [-0.05, 0) is 48.0 Å². The normalized spacial score (nSPS) is 10.8. The van der Waals surface area contributed by atoms with Gasteiger partial charge >= 0.3 is 11.8 Å². The molecule has 160 valence electrons. The Hall–Kier alpha value is -4.23. The van der Waals surface area contributed by atoms with Crippen molar-refractivity contribution in [1.29, 1.82) is 0 Å². The standard InChI is InChI=1S/C24H19ClN4O3/c25-18-12-14-19(15-13-18)27-22(30)20-10-4-5-11-21(20)28-23(31)24(32)29-26-16-6-9-17-7-2-1-3-8-17/h1-16H,(H,27,30)(H,28,31)(H,29,32)/b9-6+,26-16+. The van der Waals surface area contributed by atoms with Crippen molar-refractivity contribution in [2.75, 3.05) is 10.6 Å². The summed E-state index contributed by atoms with van der Waals surface area (Å²) in [6.07, 6.45) is 4.78. The van der Waals surface area contributed by atoms with Crippen molar-refractivity contribution in [1.82, 2.24) is 5.43 Å². The number of nitrogens with zero attached hydrogens (tertiary/aromatic N) is 1. The molecule has 0 fully saturated rings. The molecule has 0 aromatic heterocycles. The van der Waals surface area contributed by atoms with Gasteiger partial charge in [-0.15, -0.1) is 0 Å². The van der Waals surface area contributed by atoms with E-state index in [1.54, 1.807) is 48.6 Å². The molecule has 7 nitrogen and oxygen atoms in total. The van der Waals surface area contributed by atoms with Crippen LogP contribution in [0.4, 0.5) is 11.4 Å². The summed E-state index contributed by atoms with van der Waals surface area (Å²) in [5, 5.41) is 9.39. The maximum Gasteiger partial charge on any atom is 0.329 e. The molecule has 0 radical (unpaired) electrons. The summed E-state index contributed by atoms with van der Waals surface area (Å²) in [7, 11) is 0. The number of carbonyl (C=O) groups is 3. The van der Waals surface area contributed by atoms with Gasteiger partial charge in [-0.25, -0.2) is 5.43 Å². The molecule has 3 amide bonds. The van der Waals surface area contributed by atoms with Gasteiger partial charge in [0.05, 0.1) is 11.3 Å². The summed E-state index contributed by atoms with van der Waals surface area (Å²) >= 11 is 5.85. The van der Waals surface area contributed by atoms with Crippen molar-refractivity contribution in [2.45, 2.75) is 0 Å². The number of amides is 3. The second-order valence-corrected chi connectivity index (χ2v) is 6.89. The average Bonchev–Trinajstić information content (AvgIpc) is 2.81. The van der Waals surface area contributed by atoms with Gasteiger partial charge in [0.1, 0.15) is 0 Å². The highest BCUT2D eigenvalue weighted by Gasteiger charge is 2.17. The quantitative estimate of drug-likeness (QED) is 0.298. The number of halogens is 1. The molecule has 32 heavy (non-hydrogen) atoms. The molecule has 3 aromatic rings. The predicted octanol–water partition coefficient (Wildman–Crippen LogP) is 4.35. The molecule has 0 aliphatic heterocycles. The summed E-state index contributed by atoms with van der Waals surface area (Å²) in [6, 6.07) is 22.5. The highest BCUT2D eigenvalue weighted by Crippen LogP contribution is 2.19. The Kier molecular flexibility index (Phi) is 7.89. The zero-order valence-corrected chi connectivity index (χ0v) is 17.5. The van der Waals surface area contributed by atoms with Crippen LogP contribution in [0, 0.1) is 0 Å². The van der Waals surface area contributed by atoms with E-state index in [0.717, 1.165) is 5.56 Å². The molecule has 0 bridgehead atoms. The lowest BCUT2D eigenvalue weighted by molar-refractivity contribution is -0.136. The fourth-order valence-corrected chi connectivity index (χ4v) is 2.73. The molecule has 3 aromatic carbocycles. The summed E-state index contributed by atoms with van der Waals surface area (Å²) in [6.45, 7) is 0. The molecule has 0 atom stereocenters. The Morgan fingerprint density at radius 1 is 0.781 bits per heavy atom. The molecule has 8 heteroatoms. The maximum absolute atomic E-state index is 12.6. The molecule has 0 unspecified atom stereocenters. The molecule has 0 spiro atoms. The van der Waals surface area contributed by atoms with E-state index in [4.69, 9.17) is 11.6 Å². The Bertz CT molecular complexity index is 1160. The van der Waals surface area contributed by atoms with Gasteiger partial charge in [0.25, 0.3) is 5.91 Å². The van der Waals surface area contributed by atoms with E-state index in [-0.39, 0.29) is 11.3 Å². The van der Waals surface area contributed by atoms with E-state index in [1.165, 1.54) is 18.3 Å². The maximum atomic E-state index is 12.6. The summed E-state index contributed by atoms with van der Waals surface area (Å²) in [4.78, 5) is 36.8. The van der Waals surface area contributed by atoms with Crippen LogP contribution in [0.3, 0.4) is 0 Å². The highest BCUT2D eigenvalue weighted by atomic mass is 35.5. The van der Waals surface area contributed by atoms with Crippen LogP contribution in [0.2, 0.25) is 5.02 Å². The van der Waals surface area contributed by atoms with Gasteiger partial charge in [0.2, 0.25) is 0 Å². The van der Waals surface area contributed by atoms with E-state index in [0.29, 0.717) is 10.7 Å². The van der Waals surface area contributed by atoms with Crippen LogP contribution in [0.25, 0.3) is 6.08 Å². The van der Waals surface area contributed by atoms with Gasteiger partial charge in [-0.3, -0.25) is 14.4 Å². The van der Waals surface area contributed by atoms with Crippen molar-refractivity contribution in [3.63, 3.8) is 0 Å². The van der Waals surface area contributed by atoms with Gasteiger partial charge in [0, 0.05) is 16.9 Å². The van der Waals surface area contributed by atoms with Crippen LogP contribution >= 0.6 is 11.6 Å². The van der Waals surface area contributed by atoms with Crippen LogP contribution in [0.5, 0.6) is 0 Å². The second kappa shape index (κ2) is 11.2. The number of carbonyl (C=O) groups excluding carboxylic acids is 3. The number of benzene rings is 3. The molecule has 0 heterocycles. The zero-order chi connectivity index (χ0) is 22.8. The smallest absolute Gasteiger partial charge is 0.322 e. The van der Waals surface area contributed by atoms with Crippen molar-refractivity contribution in [3.8, 4) is 0 Å². The fraction of sp³-hybridized carbons (Fsp3) is 0. The second-order valence-electron chi connectivity index (χ2n) is 6.45. The number of rotatable bonds is 6. The van der Waals surface area contributed by atoms with Crippen LogP contribution < -0.4 is 16.1 Å². The first-order valence-electron chi connectivity index (χ1n) is 9.55. The van der Waals surface area contributed by atoms with Crippen LogP contribution in [-0.2, 0) is 9.59 Å². The third kappa shape index (κ3) is 6.65. The molecular formula is C24H19ClN4O3. The predicted molar refractivity (Wildman–Crippen MR) is 127 cm³/mol. The zero-order valence-electron chi connectivity index (χ0n) is 16.8. The third-order valence-corrected chi connectivity index (χ3v) is 4.40. The van der Waals surface area contributed by atoms with Crippen LogP contribution in [0.1, 0.15) is 15.9 Å². The molecule has 0 aliphatic rings. The number of para-hydroxylation sites is 1. The number of hydrazone groups is 1. The van der Waals surface area contributed by atoms with Gasteiger partial charge in [-0.2, -0.15) is 5.10 Å². The minimum absolute atomic E-state index is 0.187. The molecule has 3 N–H and O–H groups in total. The Morgan fingerprint density at radius 2 is 1.47 bits per heavy atom. The first-order chi connectivity index (χ1) is 15.5. The topological polar surface area (TPSA) is 99.7 Å². The third-order valence-electron chi connectivity index (χ3n) is 4.14. The molecule has 3 rings (SSSR count). The SMILES string of the molecule is O=C(N/N=C/C=C/c1ccccc1)C(=O)Nc1ccccc1C(=O)Nc1ccc(Cl)cc1. The average molecular weight is 447 g/mol. The first-order valence-corrected chi connectivity index (χ1v) is 9.93. The summed E-state index contributed by atoms with van der Waals surface area (Å²) in [5.74, 6) is -2.38. The number of hydrogen-bond donors (Lipinski definition) is 3. The molecule has 0 saturated heterocycles. The van der Waals surface area contributed by atoms with Crippen LogP contribution in [0.15, 0.2) is 90.0 Å². The van der Waals surface area contributed by atoms with Crippen molar-refractivity contribution >= 4 is 53.0 Å². The van der Waals surface area contributed by atoms with Gasteiger partial charge in [-0.1, -0.05) is 60.1 Å². The fourth-order valence-electron chi connectivity index (χ4n) is 2.61. The van der Waals surface area contributed by atoms with Crippen molar-refractivity contribution in [2.24, 2.45) is 5.10 Å². The van der Waals surface area contributed by atoms with E-state index < -0.39 is 17.7 Å². The number of anilines is 2. The molecule has 0 aliphatic carbocycles. The van der Waals surface area contributed by atoms with E-state index >= 15 is 0 Å². The number of nitrogens with one attached hydrogen (secondary N) is 3.